The standard InChI is InChI=1S/C18H25N3O/c1-14-20-16-8-4-5-9-17(16)21(14)13-12-19-18(22)11-10-15-6-2-3-7-15/h4-5,8-9,15H,2-3,6-7,10-13H2,1H3,(H,19,22). The van der Waals surface area contributed by atoms with Crippen LogP contribution in [0.1, 0.15) is 44.3 Å². The van der Waals surface area contributed by atoms with Crippen LogP contribution in [0.25, 0.3) is 11.0 Å². The number of nitrogens with one attached hydrogen (secondary N) is 1. The Kier molecular flexibility index (Phi) is 4.76. The number of fused-ring (bicyclic) bond motifs is 1. The van der Waals surface area contributed by atoms with Crippen molar-refractivity contribution in [3.63, 3.8) is 0 Å². The second-order valence-electron chi connectivity index (χ2n) is 6.34. The van der Waals surface area contributed by atoms with Crippen LogP contribution >= 0.6 is 0 Å². The van der Waals surface area contributed by atoms with Crippen LogP contribution in [0, 0.1) is 12.8 Å². The van der Waals surface area contributed by atoms with E-state index >= 15 is 0 Å². The summed E-state index contributed by atoms with van der Waals surface area (Å²) in [6.45, 7) is 3.47. The first-order chi connectivity index (χ1) is 10.7. The molecular weight excluding hydrogens is 274 g/mol. The third-order valence-electron chi connectivity index (χ3n) is 4.76. The van der Waals surface area contributed by atoms with Crippen LogP contribution in [0.5, 0.6) is 0 Å². The van der Waals surface area contributed by atoms with Crippen LogP contribution < -0.4 is 5.32 Å². The van der Waals surface area contributed by atoms with Gasteiger partial charge < -0.3 is 9.88 Å². The number of hydrogen-bond acceptors (Lipinski definition) is 2. The summed E-state index contributed by atoms with van der Waals surface area (Å²) in [5, 5.41) is 3.05. The van der Waals surface area contributed by atoms with Gasteiger partial charge in [-0.15, -0.1) is 0 Å². The molecule has 0 radical (unpaired) electrons. The average molecular weight is 299 g/mol. The molecule has 3 rings (SSSR count). The van der Waals surface area contributed by atoms with E-state index in [1.54, 1.807) is 0 Å². The number of hydrogen-bond donors (Lipinski definition) is 1. The SMILES string of the molecule is Cc1nc2ccccc2n1CCNC(=O)CCC1CCCC1. The Labute approximate surface area is 131 Å². The van der Waals surface area contributed by atoms with Crippen LogP contribution in [-0.4, -0.2) is 22.0 Å². The fourth-order valence-electron chi connectivity index (χ4n) is 3.51. The predicted molar refractivity (Wildman–Crippen MR) is 88.7 cm³/mol. The van der Waals surface area contributed by atoms with Crippen molar-refractivity contribution in [2.24, 2.45) is 5.92 Å². The van der Waals surface area contributed by atoms with Crippen LogP contribution in [-0.2, 0) is 11.3 Å². The first-order valence-electron chi connectivity index (χ1n) is 8.42. The van der Waals surface area contributed by atoms with Crippen LogP contribution in [0.3, 0.4) is 0 Å². The molecule has 118 valence electrons. The molecule has 1 heterocycles. The maximum atomic E-state index is 11.9. The van der Waals surface area contributed by atoms with Crippen LogP contribution in [0.2, 0.25) is 0 Å². The maximum absolute atomic E-state index is 11.9. The van der Waals surface area contributed by atoms with Gasteiger partial charge in [0.25, 0.3) is 0 Å². The quantitative estimate of drug-likeness (QED) is 0.888. The molecule has 4 nitrogen and oxygen atoms in total. The molecule has 0 spiro atoms. The van der Waals surface area contributed by atoms with E-state index in [4.69, 9.17) is 0 Å². The van der Waals surface area contributed by atoms with Gasteiger partial charge in [0, 0.05) is 19.5 Å². The van der Waals surface area contributed by atoms with Gasteiger partial charge in [-0.05, 0) is 31.4 Å². The maximum Gasteiger partial charge on any atom is 0.220 e. The number of imidazole rings is 1. The third kappa shape index (κ3) is 3.49. The molecule has 0 saturated heterocycles. The van der Waals surface area contributed by atoms with E-state index in [0.29, 0.717) is 13.0 Å². The third-order valence-corrected chi connectivity index (χ3v) is 4.76. The highest BCUT2D eigenvalue weighted by Crippen LogP contribution is 2.28. The molecule has 2 aromatic rings. The number of aryl methyl sites for hydroxylation is 1. The van der Waals surface area contributed by atoms with Gasteiger partial charge in [-0.25, -0.2) is 4.98 Å². The van der Waals surface area contributed by atoms with Gasteiger partial charge in [-0.1, -0.05) is 37.8 Å². The van der Waals surface area contributed by atoms with Gasteiger partial charge in [-0.2, -0.15) is 0 Å². The number of aromatic nitrogens is 2. The minimum absolute atomic E-state index is 0.189. The number of carbonyl (C=O) groups excluding carboxylic acids is 1. The van der Waals surface area contributed by atoms with E-state index in [2.05, 4.69) is 20.9 Å². The highest BCUT2D eigenvalue weighted by molar-refractivity contribution is 5.76. The summed E-state index contributed by atoms with van der Waals surface area (Å²) < 4.78 is 2.17. The molecule has 0 aliphatic heterocycles. The Morgan fingerprint density at radius 1 is 1.32 bits per heavy atom. The smallest absolute Gasteiger partial charge is 0.220 e. The summed E-state index contributed by atoms with van der Waals surface area (Å²) in [5.41, 5.74) is 2.16. The Balaban J connectivity index is 1.47. The predicted octanol–water partition coefficient (Wildman–Crippen LogP) is 3.43. The van der Waals surface area contributed by atoms with Crippen molar-refractivity contribution < 1.29 is 4.79 Å². The molecule has 0 bridgehead atoms. The molecule has 1 amide bonds. The fourth-order valence-corrected chi connectivity index (χ4v) is 3.51. The van der Waals surface area contributed by atoms with Crippen LogP contribution in [0.15, 0.2) is 24.3 Å². The normalized spacial score (nSPS) is 15.5. The molecule has 1 aromatic heterocycles. The summed E-state index contributed by atoms with van der Waals surface area (Å²) in [6.07, 6.45) is 7.05. The van der Waals surface area contributed by atoms with Gasteiger partial charge >= 0.3 is 0 Å². The topological polar surface area (TPSA) is 46.9 Å². The van der Waals surface area contributed by atoms with Gasteiger partial charge in [0.15, 0.2) is 0 Å². The Hall–Kier alpha value is -1.84. The molecular formula is C18H25N3O. The molecule has 1 aromatic carbocycles. The fraction of sp³-hybridized carbons (Fsp3) is 0.556. The van der Waals surface area contributed by atoms with E-state index in [0.717, 1.165) is 35.7 Å². The molecule has 4 heteroatoms. The molecule has 1 aliphatic rings. The van der Waals surface area contributed by atoms with Crippen molar-refractivity contribution in [1.82, 2.24) is 14.9 Å². The Morgan fingerprint density at radius 2 is 2.09 bits per heavy atom. The summed E-state index contributed by atoms with van der Waals surface area (Å²) in [7, 11) is 0. The van der Waals surface area contributed by atoms with Crippen molar-refractivity contribution >= 4 is 16.9 Å². The summed E-state index contributed by atoms with van der Waals surface area (Å²) in [5.74, 6) is 1.97. The number of amides is 1. The molecule has 22 heavy (non-hydrogen) atoms. The lowest BCUT2D eigenvalue weighted by molar-refractivity contribution is -0.121. The second kappa shape index (κ2) is 6.95. The summed E-state index contributed by atoms with van der Waals surface area (Å²) >= 11 is 0. The zero-order chi connectivity index (χ0) is 15.4. The molecule has 1 N–H and O–H groups in total. The van der Waals surface area contributed by atoms with Crippen LogP contribution in [0.4, 0.5) is 0 Å². The van der Waals surface area contributed by atoms with E-state index in [-0.39, 0.29) is 5.91 Å². The summed E-state index contributed by atoms with van der Waals surface area (Å²) in [4.78, 5) is 16.5. The summed E-state index contributed by atoms with van der Waals surface area (Å²) in [6, 6.07) is 8.14. The van der Waals surface area contributed by atoms with Gasteiger partial charge in [0.1, 0.15) is 5.82 Å². The number of nitrogens with zero attached hydrogens (tertiary/aromatic N) is 2. The number of benzene rings is 1. The van der Waals surface area contributed by atoms with Crippen molar-refractivity contribution in [1.29, 1.82) is 0 Å². The average Bonchev–Trinajstić information content (AvgIpc) is 3.13. The molecule has 1 aliphatic carbocycles. The minimum Gasteiger partial charge on any atom is -0.354 e. The van der Waals surface area contributed by atoms with E-state index in [1.165, 1.54) is 25.7 Å². The zero-order valence-corrected chi connectivity index (χ0v) is 13.3. The zero-order valence-electron chi connectivity index (χ0n) is 13.3. The first kappa shape index (κ1) is 15.1. The van der Waals surface area contributed by atoms with Gasteiger partial charge in [0.2, 0.25) is 5.91 Å². The highest BCUT2D eigenvalue weighted by atomic mass is 16.1. The lowest BCUT2D eigenvalue weighted by atomic mass is 10.0. The van der Waals surface area contributed by atoms with Crippen molar-refractivity contribution in [3.05, 3.63) is 30.1 Å². The van der Waals surface area contributed by atoms with E-state index in [9.17, 15) is 4.79 Å². The largest absolute Gasteiger partial charge is 0.354 e. The van der Waals surface area contributed by atoms with E-state index < -0.39 is 0 Å². The first-order valence-corrected chi connectivity index (χ1v) is 8.42. The molecule has 0 atom stereocenters. The van der Waals surface area contributed by atoms with Gasteiger partial charge in [-0.3, -0.25) is 4.79 Å². The van der Waals surface area contributed by atoms with Crippen molar-refractivity contribution in [2.45, 2.75) is 52.0 Å². The second-order valence-corrected chi connectivity index (χ2v) is 6.34. The molecule has 0 unspecified atom stereocenters. The lowest BCUT2D eigenvalue weighted by Crippen LogP contribution is -2.27. The highest BCUT2D eigenvalue weighted by Gasteiger charge is 2.16. The number of para-hydroxylation sites is 2. The number of carbonyl (C=O) groups is 1. The molecule has 1 fully saturated rings. The van der Waals surface area contributed by atoms with Crippen molar-refractivity contribution in [3.8, 4) is 0 Å². The van der Waals surface area contributed by atoms with Gasteiger partial charge in [0.05, 0.1) is 11.0 Å². The van der Waals surface area contributed by atoms with Crippen molar-refractivity contribution in [2.75, 3.05) is 6.54 Å². The Bertz CT molecular complexity index is 641. The number of rotatable bonds is 6. The Morgan fingerprint density at radius 3 is 2.91 bits per heavy atom. The molecule has 1 saturated carbocycles. The monoisotopic (exact) mass is 299 g/mol. The minimum atomic E-state index is 0.189. The lowest BCUT2D eigenvalue weighted by Gasteiger charge is -2.10. The van der Waals surface area contributed by atoms with E-state index in [1.807, 2.05) is 25.1 Å².